The van der Waals surface area contributed by atoms with E-state index in [4.69, 9.17) is 14.2 Å². The summed E-state index contributed by atoms with van der Waals surface area (Å²) >= 11 is 1.89. The van der Waals surface area contributed by atoms with E-state index in [1.54, 1.807) is 41.2 Å². The number of urea groups is 1. The molecule has 1 aromatic heterocycles. The van der Waals surface area contributed by atoms with Crippen LogP contribution in [0.2, 0.25) is 0 Å². The highest BCUT2D eigenvalue weighted by Gasteiger charge is 2.42. The van der Waals surface area contributed by atoms with Gasteiger partial charge in [-0.1, -0.05) is 18.6 Å². The van der Waals surface area contributed by atoms with Crippen LogP contribution < -0.4 is 35.6 Å². The van der Waals surface area contributed by atoms with E-state index >= 15 is 0 Å². The number of unbranched alkanes of at least 4 members (excludes halogenated alkanes) is 1. The van der Waals surface area contributed by atoms with Gasteiger partial charge in [0, 0.05) is 55.1 Å². The number of amides is 5. The molecule has 4 heterocycles. The first-order valence-electron chi connectivity index (χ1n) is 17.6. The van der Waals surface area contributed by atoms with E-state index in [9.17, 15) is 19.2 Å². The third kappa shape index (κ3) is 9.53. The van der Waals surface area contributed by atoms with Crippen molar-refractivity contribution in [2.75, 3.05) is 56.5 Å². The van der Waals surface area contributed by atoms with E-state index in [1.165, 1.54) is 7.11 Å². The number of ether oxygens (including phenoxy) is 3. The molecule has 2 aromatic carbocycles. The molecule has 1 unspecified atom stereocenters. The second-order valence-electron chi connectivity index (χ2n) is 13.1. The van der Waals surface area contributed by atoms with Crippen LogP contribution in [0.25, 0.3) is 0 Å². The quantitative estimate of drug-likeness (QED) is 0.112. The molecule has 0 bridgehead atoms. The van der Waals surface area contributed by atoms with Crippen LogP contribution in [0.15, 0.2) is 48.8 Å². The molecule has 0 spiro atoms. The number of nitrogens with one attached hydrogen (secondary N) is 4. The van der Waals surface area contributed by atoms with Gasteiger partial charge in [-0.2, -0.15) is 16.9 Å². The molecule has 15 nitrogen and oxygen atoms in total. The zero-order chi connectivity index (χ0) is 36.5. The molecule has 6 rings (SSSR count). The van der Waals surface area contributed by atoms with Crippen LogP contribution in [-0.4, -0.2) is 102 Å². The van der Waals surface area contributed by atoms with Gasteiger partial charge in [0.25, 0.3) is 0 Å². The Bertz CT molecular complexity index is 1720. The van der Waals surface area contributed by atoms with Crippen LogP contribution in [-0.2, 0) is 32.1 Å². The second kappa shape index (κ2) is 17.6. The number of hydrogen-bond donors (Lipinski definition) is 4. The van der Waals surface area contributed by atoms with E-state index in [2.05, 4.69) is 31.3 Å². The normalized spacial score (nSPS) is 20.7. The highest BCUT2D eigenvalue weighted by Crippen LogP contribution is 2.36. The number of nitrogens with zero attached hydrogens (tertiary/aromatic N) is 4. The second-order valence-corrected chi connectivity index (χ2v) is 14.3. The maximum atomic E-state index is 13.1. The van der Waals surface area contributed by atoms with Gasteiger partial charge < -0.3 is 40.4 Å². The number of fused-ring (bicyclic) bond motifs is 1. The summed E-state index contributed by atoms with van der Waals surface area (Å²) in [7, 11) is 3.09. The molecular weight excluding hydrogens is 689 g/mol. The predicted molar refractivity (Wildman–Crippen MR) is 196 cm³/mol. The molecule has 3 saturated heterocycles. The van der Waals surface area contributed by atoms with Gasteiger partial charge in [0.2, 0.25) is 17.7 Å². The Morgan fingerprint density at radius 1 is 1.04 bits per heavy atom. The summed E-state index contributed by atoms with van der Waals surface area (Å²) in [6, 6.07) is 13.1. The number of methoxy groups -OCH3 is 2. The Morgan fingerprint density at radius 2 is 1.88 bits per heavy atom. The third-order valence-corrected chi connectivity index (χ3v) is 11.0. The number of rotatable bonds is 18. The molecule has 3 aliphatic heterocycles. The smallest absolute Gasteiger partial charge is 0.315 e. The van der Waals surface area contributed by atoms with Gasteiger partial charge in [0.15, 0.2) is 5.82 Å². The van der Waals surface area contributed by atoms with Crippen molar-refractivity contribution in [2.24, 2.45) is 5.92 Å². The summed E-state index contributed by atoms with van der Waals surface area (Å²) in [6.45, 7) is 2.06. The number of thioether (sulfide) groups is 1. The fourth-order valence-electron chi connectivity index (χ4n) is 6.66. The number of hydrogen-bond acceptors (Lipinski definition) is 10. The van der Waals surface area contributed by atoms with Gasteiger partial charge in [-0.05, 0) is 42.7 Å². The molecule has 52 heavy (non-hydrogen) atoms. The molecule has 3 fully saturated rings. The zero-order valence-corrected chi connectivity index (χ0v) is 30.3. The molecule has 278 valence electrons. The van der Waals surface area contributed by atoms with E-state index < -0.39 is 5.92 Å². The zero-order valence-electron chi connectivity index (χ0n) is 29.5. The van der Waals surface area contributed by atoms with Crippen LogP contribution in [0.3, 0.4) is 0 Å². The van der Waals surface area contributed by atoms with Gasteiger partial charge in [-0.3, -0.25) is 14.4 Å². The van der Waals surface area contributed by atoms with Gasteiger partial charge in [0.05, 0.1) is 57.7 Å². The van der Waals surface area contributed by atoms with E-state index in [0.29, 0.717) is 73.1 Å². The first kappa shape index (κ1) is 36.9. The lowest BCUT2D eigenvalue weighted by molar-refractivity contribution is -0.122. The molecule has 4 N–H and O–H groups in total. The van der Waals surface area contributed by atoms with E-state index in [-0.39, 0.29) is 48.8 Å². The number of carbonyl (C=O) groups is 4. The minimum absolute atomic E-state index is 0.0238. The summed E-state index contributed by atoms with van der Waals surface area (Å²) in [4.78, 5) is 55.6. The monoisotopic (exact) mass is 734 g/mol. The lowest BCUT2D eigenvalue weighted by atomic mass is 10.0. The van der Waals surface area contributed by atoms with Crippen LogP contribution >= 0.6 is 11.8 Å². The number of carbonyl (C=O) groups excluding carboxylic acids is 4. The van der Waals surface area contributed by atoms with Crippen LogP contribution in [0.5, 0.6) is 11.5 Å². The molecule has 16 heteroatoms. The van der Waals surface area contributed by atoms with Gasteiger partial charge in [-0.25, -0.2) is 14.5 Å². The molecule has 4 atom stereocenters. The molecule has 5 amide bonds. The molecule has 0 saturated carbocycles. The van der Waals surface area contributed by atoms with Crippen LogP contribution in [0, 0.1) is 5.92 Å². The third-order valence-electron chi connectivity index (χ3n) is 9.44. The first-order chi connectivity index (χ1) is 25.3. The Morgan fingerprint density at radius 3 is 2.69 bits per heavy atom. The lowest BCUT2D eigenvalue weighted by Crippen LogP contribution is -2.36. The fourth-order valence-corrected chi connectivity index (χ4v) is 8.21. The minimum atomic E-state index is -0.507. The average Bonchev–Trinajstić information content (AvgIpc) is 3.94. The standard InChI is InChI=1S/C36H46N8O7S/c1-49-26-11-12-29(50-2)28(18-26)44-20-24(17-33(44)46)35(47)39-25-9-7-23(8-10-25)19-43-22-38-31(42-43)13-15-51-16-14-37-32(45)6-4-3-5-30-34-27(21-52-30)40-36(48)41-34/h7-12,18,22,24,27,30,34H,3-6,13-17,19-21H2,1-2H3,(H,37,45)(H,39,47)(H2,40,41,48)/t24?,27-,30-,34-/m0/s1. The van der Waals surface area contributed by atoms with Crippen molar-refractivity contribution in [3.8, 4) is 11.5 Å². The van der Waals surface area contributed by atoms with Gasteiger partial charge in [0.1, 0.15) is 17.8 Å². The van der Waals surface area contributed by atoms with Crippen molar-refractivity contribution in [3.63, 3.8) is 0 Å². The SMILES string of the molecule is COc1ccc(OC)c(N2CC(C(=O)Nc3ccc(Cn4cnc(CCOCCNC(=O)CCCC[C@@H]5SC[C@@H]6NC(=O)N[C@@H]65)n4)cc3)CC2=O)c1. The maximum absolute atomic E-state index is 13.1. The lowest BCUT2D eigenvalue weighted by Gasteiger charge is -2.20. The minimum Gasteiger partial charge on any atom is -0.497 e. The van der Waals surface area contributed by atoms with Crippen molar-refractivity contribution in [3.05, 3.63) is 60.2 Å². The molecule has 3 aliphatic rings. The highest BCUT2D eigenvalue weighted by atomic mass is 32.2. The highest BCUT2D eigenvalue weighted by molar-refractivity contribution is 8.00. The van der Waals surface area contributed by atoms with E-state index in [0.717, 1.165) is 30.6 Å². The number of benzene rings is 2. The van der Waals surface area contributed by atoms with Crippen molar-refractivity contribution >= 4 is 46.9 Å². The summed E-state index contributed by atoms with van der Waals surface area (Å²) in [5.74, 6) is 1.88. The summed E-state index contributed by atoms with van der Waals surface area (Å²) in [6.07, 6.45) is 5.59. The topological polar surface area (TPSA) is 178 Å². The Hall–Kier alpha value is -4.83. The largest absolute Gasteiger partial charge is 0.497 e. The molecule has 0 aliphatic carbocycles. The fraction of sp³-hybridized carbons (Fsp3) is 0.500. The van der Waals surface area contributed by atoms with Crippen LogP contribution in [0.4, 0.5) is 16.2 Å². The van der Waals surface area contributed by atoms with Crippen molar-refractivity contribution in [2.45, 2.75) is 62.4 Å². The first-order valence-corrected chi connectivity index (χ1v) is 18.7. The summed E-state index contributed by atoms with van der Waals surface area (Å²) < 4.78 is 18.2. The average molecular weight is 735 g/mol. The number of aromatic nitrogens is 3. The van der Waals surface area contributed by atoms with Crippen molar-refractivity contribution in [1.82, 2.24) is 30.7 Å². The van der Waals surface area contributed by atoms with Crippen molar-refractivity contribution in [1.29, 1.82) is 0 Å². The Kier molecular flexibility index (Phi) is 12.5. The Balaban J connectivity index is 0.840. The number of anilines is 2. The van der Waals surface area contributed by atoms with Gasteiger partial charge in [-0.15, -0.1) is 0 Å². The van der Waals surface area contributed by atoms with E-state index in [1.807, 2.05) is 36.0 Å². The van der Waals surface area contributed by atoms with Crippen molar-refractivity contribution < 1.29 is 33.4 Å². The predicted octanol–water partition coefficient (Wildman–Crippen LogP) is 2.74. The summed E-state index contributed by atoms with van der Waals surface area (Å²) in [5.41, 5.74) is 2.20. The van der Waals surface area contributed by atoms with Gasteiger partial charge >= 0.3 is 6.03 Å². The maximum Gasteiger partial charge on any atom is 0.315 e. The molecule has 0 radical (unpaired) electrons. The Labute approximate surface area is 306 Å². The molecular formula is C36H46N8O7S. The van der Waals surface area contributed by atoms with Crippen LogP contribution in [0.1, 0.15) is 43.5 Å². The summed E-state index contributed by atoms with van der Waals surface area (Å²) in [5, 5.41) is 16.8. The molecule has 3 aromatic rings.